The Morgan fingerprint density at radius 2 is 1.61 bits per heavy atom. The number of nitrogens with zero attached hydrogens (tertiary/aromatic N) is 1. The fourth-order valence-electron chi connectivity index (χ4n) is 3.88. The highest BCUT2D eigenvalue weighted by Crippen LogP contribution is 2.22. The molecule has 0 aliphatic heterocycles. The fourth-order valence-corrected chi connectivity index (χ4v) is 4.74. The van der Waals surface area contributed by atoms with Crippen LogP contribution in [-0.4, -0.2) is 41.7 Å². The fraction of sp³-hybridized carbons (Fsp3) is 0.333. The van der Waals surface area contributed by atoms with Gasteiger partial charge < -0.3 is 15.0 Å². The maximum absolute atomic E-state index is 13.7. The molecule has 0 aromatic heterocycles. The molecular weight excluding hydrogens is 468 g/mol. The predicted octanol–water partition coefficient (Wildman–Crippen LogP) is 5.73. The van der Waals surface area contributed by atoms with Crippen LogP contribution in [0, 0.1) is 0 Å². The predicted molar refractivity (Wildman–Crippen MR) is 147 cm³/mol. The van der Waals surface area contributed by atoms with Crippen molar-refractivity contribution in [3.63, 3.8) is 0 Å². The molecule has 5 nitrogen and oxygen atoms in total. The number of hydrogen-bond donors (Lipinski definition) is 1. The molecule has 0 saturated carbocycles. The zero-order valence-electron chi connectivity index (χ0n) is 21.4. The summed E-state index contributed by atoms with van der Waals surface area (Å²) >= 11 is 1.65. The molecule has 0 aliphatic rings. The van der Waals surface area contributed by atoms with Crippen molar-refractivity contribution in [1.82, 2.24) is 10.2 Å². The van der Waals surface area contributed by atoms with Gasteiger partial charge in [-0.1, -0.05) is 67.6 Å². The topological polar surface area (TPSA) is 58.6 Å². The highest BCUT2D eigenvalue weighted by atomic mass is 32.2. The minimum absolute atomic E-state index is 0.0261. The van der Waals surface area contributed by atoms with Crippen molar-refractivity contribution in [2.24, 2.45) is 0 Å². The van der Waals surface area contributed by atoms with Gasteiger partial charge in [0.2, 0.25) is 11.8 Å². The molecule has 3 aromatic carbocycles. The lowest BCUT2D eigenvalue weighted by Crippen LogP contribution is -2.52. The molecule has 190 valence electrons. The zero-order chi connectivity index (χ0) is 25.8. The van der Waals surface area contributed by atoms with Gasteiger partial charge in [0.15, 0.2) is 0 Å². The first-order valence-electron chi connectivity index (χ1n) is 12.4. The highest BCUT2D eigenvalue weighted by Gasteiger charge is 2.30. The third-order valence-electron chi connectivity index (χ3n) is 6.09. The van der Waals surface area contributed by atoms with E-state index in [1.54, 1.807) is 23.8 Å². The Kier molecular flexibility index (Phi) is 10.9. The van der Waals surface area contributed by atoms with Crippen molar-refractivity contribution in [1.29, 1.82) is 0 Å². The Morgan fingerprint density at radius 1 is 0.944 bits per heavy atom. The number of carbonyl (C=O) groups is 2. The molecule has 0 radical (unpaired) electrons. The third kappa shape index (κ3) is 8.45. The van der Waals surface area contributed by atoms with E-state index in [4.69, 9.17) is 4.74 Å². The molecule has 0 saturated heterocycles. The van der Waals surface area contributed by atoms with Gasteiger partial charge in [0.25, 0.3) is 0 Å². The lowest BCUT2D eigenvalue weighted by molar-refractivity contribution is -0.141. The molecule has 0 fully saturated rings. The summed E-state index contributed by atoms with van der Waals surface area (Å²) in [5, 5.41) is 3.11. The quantitative estimate of drug-likeness (QED) is 0.302. The van der Waals surface area contributed by atoms with Crippen LogP contribution >= 0.6 is 11.8 Å². The number of hydrogen-bond acceptors (Lipinski definition) is 4. The van der Waals surface area contributed by atoms with E-state index in [2.05, 4.69) is 5.32 Å². The van der Waals surface area contributed by atoms with Crippen LogP contribution in [-0.2, 0) is 22.6 Å². The van der Waals surface area contributed by atoms with Gasteiger partial charge in [-0.3, -0.25) is 9.59 Å². The number of rotatable bonds is 13. The second kappa shape index (κ2) is 14.3. The maximum atomic E-state index is 13.7. The summed E-state index contributed by atoms with van der Waals surface area (Å²) in [5.41, 5.74) is 1.94. The van der Waals surface area contributed by atoms with Gasteiger partial charge in [0, 0.05) is 36.1 Å². The van der Waals surface area contributed by atoms with Crippen molar-refractivity contribution < 1.29 is 14.3 Å². The number of nitrogens with one attached hydrogen (secondary N) is 1. The summed E-state index contributed by atoms with van der Waals surface area (Å²) in [6.07, 6.45) is 1.61. The lowest BCUT2D eigenvalue weighted by Gasteiger charge is -2.32. The molecule has 0 aliphatic carbocycles. The second-order valence-electron chi connectivity index (χ2n) is 8.81. The van der Waals surface area contributed by atoms with Crippen molar-refractivity contribution in [3.8, 4) is 5.75 Å². The average Bonchev–Trinajstić information content (AvgIpc) is 2.91. The molecule has 0 spiro atoms. The van der Waals surface area contributed by atoms with Gasteiger partial charge in [0.1, 0.15) is 11.8 Å². The summed E-state index contributed by atoms with van der Waals surface area (Å²) in [5.74, 6) is 1.20. The van der Waals surface area contributed by atoms with Crippen LogP contribution in [0.5, 0.6) is 5.75 Å². The maximum Gasteiger partial charge on any atom is 0.243 e. The summed E-state index contributed by atoms with van der Waals surface area (Å²) in [6, 6.07) is 27.0. The van der Waals surface area contributed by atoms with Crippen molar-refractivity contribution in [3.05, 3.63) is 96.1 Å². The van der Waals surface area contributed by atoms with Crippen LogP contribution in [0.25, 0.3) is 0 Å². The van der Waals surface area contributed by atoms with E-state index in [0.717, 1.165) is 28.2 Å². The number of benzene rings is 3. The number of amides is 2. The SMILES string of the molecule is CC[C@@H](C)NC(=O)[C@@H](Cc1ccccc1)N(Cc1cccc(OC)c1)C(=O)CCSc1ccccc1. The van der Waals surface area contributed by atoms with E-state index in [1.165, 1.54) is 0 Å². The Morgan fingerprint density at radius 3 is 2.28 bits per heavy atom. The highest BCUT2D eigenvalue weighted by molar-refractivity contribution is 7.99. The van der Waals surface area contributed by atoms with Crippen molar-refractivity contribution >= 4 is 23.6 Å². The van der Waals surface area contributed by atoms with E-state index >= 15 is 0 Å². The number of methoxy groups -OCH3 is 1. The summed E-state index contributed by atoms with van der Waals surface area (Å²) in [4.78, 5) is 30.1. The monoisotopic (exact) mass is 504 g/mol. The van der Waals surface area contributed by atoms with Gasteiger partial charge >= 0.3 is 0 Å². The van der Waals surface area contributed by atoms with Gasteiger partial charge in [-0.05, 0) is 48.7 Å². The third-order valence-corrected chi connectivity index (χ3v) is 7.10. The van der Waals surface area contributed by atoms with Gasteiger partial charge in [0.05, 0.1) is 7.11 Å². The van der Waals surface area contributed by atoms with Crippen LogP contribution in [0.15, 0.2) is 89.8 Å². The van der Waals surface area contributed by atoms with Crippen molar-refractivity contribution in [2.45, 2.75) is 56.6 Å². The van der Waals surface area contributed by atoms with Crippen LogP contribution < -0.4 is 10.1 Å². The lowest BCUT2D eigenvalue weighted by atomic mass is 10.0. The van der Waals surface area contributed by atoms with E-state index in [0.29, 0.717) is 25.1 Å². The minimum atomic E-state index is -0.623. The van der Waals surface area contributed by atoms with Crippen LogP contribution in [0.1, 0.15) is 37.8 Å². The van der Waals surface area contributed by atoms with E-state index in [9.17, 15) is 9.59 Å². The Labute approximate surface area is 219 Å². The normalized spacial score (nSPS) is 12.4. The van der Waals surface area contributed by atoms with Crippen molar-refractivity contribution in [2.75, 3.05) is 12.9 Å². The molecule has 0 heterocycles. The first-order valence-corrected chi connectivity index (χ1v) is 13.4. The Balaban J connectivity index is 1.87. The zero-order valence-corrected chi connectivity index (χ0v) is 22.2. The van der Waals surface area contributed by atoms with Gasteiger partial charge in [-0.15, -0.1) is 11.8 Å². The minimum Gasteiger partial charge on any atom is -0.497 e. The number of carbonyl (C=O) groups excluding carboxylic acids is 2. The first-order chi connectivity index (χ1) is 17.5. The Bertz CT molecular complexity index is 1090. The molecule has 6 heteroatoms. The standard InChI is InChI=1S/C30H36N2O3S/c1-4-23(2)31-30(34)28(21-24-12-7-5-8-13-24)32(22-25-14-11-15-26(20-25)35-3)29(33)18-19-36-27-16-9-6-10-17-27/h5-17,20,23,28H,4,18-19,21-22H2,1-3H3,(H,31,34)/t23-,28-/m1/s1. The molecule has 2 atom stereocenters. The number of ether oxygens (including phenoxy) is 1. The summed E-state index contributed by atoms with van der Waals surface area (Å²) in [7, 11) is 1.63. The average molecular weight is 505 g/mol. The smallest absolute Gasteiger partial charge is 0.243 e. The molecular formula is C30H36N2O3S. The second-order valence-corrected chi connectivity index (χ2v) is 9.98. The van der Waals surface area contributed by atoms with E-state index in [1.807, 2.05) is 98.8 Å². The molecule has 3 aromatic rings. The molecule has 36 heavy (non-hydrogen) atoms. The van der Waals surface area contributed by atoms with Gasteiger partial charge in [-0.25, -0.2) is 0 Å². The van der Waals surface area contributed by atoms with Gasteiger partial charge in [-0.2, -0.15) is 0 Å². The largest absolute Gasteiger partial charge is 0.497 e. The molecule has 0 unspecified atom stereocenters. The van der Waals surface area contributed by atoms with E-state index in [-0.39, 0.29) is 17.9 Å². The molecule has 3 rings (SSSR count). The summed E-state index contributed by atoms with van der Waals surface area (Å²) in [6.45, 7) is 4.36. The molecule has 1 N–H and O–H groups in total. The molecule has 2 amide bonds. The van der Waals surface area contributed by atoms with Crippen LogP contribution in [0.3, 0.4) is 0 Å². The molecule has 0 bridgehead atoms. The Hall–Kier alpha value is -3.25. The summed E-state index contributed by atoms with van der Waals surface area (Å²) < 4.78 is 5.40. The van der Waals surface area contributed by atoms with E-state index < -0.39 is 6.04 Å². The number of thioether (sulfide) groups is 1. The van der Waals surface area contributed by atoms with Crippen LogP contribution in [0.2, 0.25) is 0 Å². The van der Waals surface area contributed by atoms with Crippen LogP contribution in [0.4, 0.5) is 0 Å². The first kappa shape index (κ1) is 27.3.